The first-order valence-corrected chi connectivity index (χ1v) is 7.76. The third-order valence-corrected chi connectivity index (χ3v) is 3.90. The van der Waals surface area contributed by atoms with Crippen LogP contribution in [0.2, 0.25) is 5.02 Å². The van der Waals surface area contributed by atoms with E-state index in [1.54, 1.807) is 12.5 Å². The standard InChI is InChI=1S/C17H13ClN6/c18-12-5-3-4-11(8-12)14(13-6-1-2-7-19-13)24-17-15-16(21-9-20-15)22-10-23-17/h1-10,14H,(H2,20,21,22,23,24). The van der Waals surface area contributed by atoms with Crippen LogP contribution in [0.1, 0.15) is 17.3 Å². The quantitative estimate of drug-likeness (QED) is 0.595. The Labute approximate surface area is 143 Å². The third kappa shape index (κ3) is 2.79. The number of halogens is 1. The molecule has 0 spiro atoms. The van der Waals surface area contributed by atoms with Crippen molar-refractivity contribution >= 4 is 28.6 Å². The number of imidazole rings is 1. The summed E-state index contributed by atoms with van der Waals surface area (Å²) in [6.07, 6.45) is 4.85. The SMILES string of the molecule is Clc1cccc(C(Nc2ncnc3nc[nH]c23)c2ccccn2)c1. The van der Waals surface area contributed by atoms with Crippen molar-refractivity contribution in [3.63, 3.8) is 0 Å². The van der Waals surface area contributed by atoms with Gasteiger partial charge in [-0.05, 0) is 29.8 Å². The van der Waals surface area contributed by atoms with Crippen LogP contribution in [-0.2, 0) is 0 Å². The molecular formula is C17H13ClN6. The van der Waals surface area contributed by atoms with Gasteiger partial charge in [0.05, 0.1) is 18.1 Å². The van der Waals surface area contributed by atoms with Crippen molar-refractivity contribution in [2.45, 2.75) is 6.04 Å². The molecule has 24 heavy (non-hydrogen) atoms. The van der Waals surface area contributed by atoms with Gasteiger partial charge in [0.15, 0.2) is 11.5 Å². The smallest absolute Gasteiger partial charge is 0.182 e. The monoisotopic (exact) mass is 336 g/mol. The van der Waals surface area contributed by atoms with Crippen LogP contribution in [-0.4, -0.2) is 24.9 Å². The number of benzene rings is 1. The summed E-state index contributed by atoms with van der Waals surface area (Å²) in [5.74, 6) is 0.660. The van der Waals surface area contributed by atoms with Crippen molar-refractivity contribution in [2.75, 3.05) is 5.32 Å². The van der Waals surface area contributed by atoms with Gasteiger partial charge >= 0.3 is 0 Å². The Hall–Kier alpha value is -2.99. The van der Waals surface area contributed by atoms with Crippen molar-refractivity contribution in [2.24, 2.45) is 0 Å². The molecule has 0 aliphatic carbocycles. The molecule has 1 atom stereocenters. The maximum atomic E-state index is 6.17. The van der Waals surface area contributed by atoms with Crippen LogP contribution in [0.25, 0.3) is 11.2 Å². The molecule has 118 valence electrons. The van der Waals surface area contributed by atoms with Gasteiger partial charge in [0.2, 0.25) is 0 Å². The fraction of sp³-hybridized carbons (Fsp3) is 0.0588. The van der Waals surface area contributed by atoms with Gasteiger partial charge in [-0.15, -0.1) is 0 Å². The van der Waals surface area contributed by atoms with Crippen LogP contribution in [0.4, 0.5) is 5.82 Å². The first-order valence-electron chi connectivity index (χ1n) is 7.38. The molecule has 4 aromatic rings. The number of rotatable bonds is 4. The lowest BCUT2D eigenvalue weighted by molar-refractivity contribution is 0.878. The van der Waals surface area contributed by atoms with E-state index in [1.807, 2.05) is 42.5 Å². The Morgan fingerprint density at radius 1 is 1.00 bits per heavy atom. The first kappa shape index (κ1) is 14.6. The second-order valence-corrected chi connectivity index (χ2v) is 5.65. The molecule has 2 N–H and O–H groups in total. The molecule has 0 aliphatic rings. The molecule has 3 heterocycles. The summed E-state index contributed by atoms with van der Waals surface area (Å²) in [4.78, 5) is 20.2. The van der Waals surface area contributed by atoms with Crippen LogP contribution < -0.4 is 5.32 Å². The third-order valence-electron chi connectivity index (χ3n) is 3.67. The zero-order chi connectivity index (χ0) is 16.4. The predicted molar refractivity (Wildman–Crippen MR) is 92.8 cm³/mol. The first-order chi connectivity index (χ1) is 11.8. The minimum Gasteiger partial charge on any atom is -0.356 e. The van der Waals surface area contributed by atoms with E-state index < -0.39 is 0 Å². The van der Waals surface area contributed by atoms with E-state index in [0.29, 0.717) is 16.5 Å². The topological polar surface area (TPSA) is 79.4 Å². The summed E-state index contributed by atoms with van der Waals surface area (Å²) in [6.45, 7) is 0. The number of H-pyrrole nitrogens is 1. The van der Waals surface area contributed by atoms with Crippen molar-refractivity contribution in [1.29, 1.82) is 0 Å². The van der Waals surface area contributed by atoms with E-state index in [9.17, 15) is 0 Å². The number of nitrogens with one attached hydrogen (secondary N) is 2. The van der Waals surface area contributed by atoms with Gasteiger partial charge in [-0.3, -0.25) is 4.98 Å². The lowest BCUT2D eigenvalue weighted by atomic mass is 10.0. The highest BCUT2D eigenvalue weighted by molar-refractivity contribution is 6.30. The molecule has 6 nitrogen and oxygen atoms in total. The summed E-state index contributed by atoms with van der Waals surface area (Å²) < 4.78 is 0. The lowest BCUT2D eigenvalue weighted by Gasteiger charge is -2.19. The number of hydrogen-bond acceptors (Lipinski definition) is 5. The van der Waals surface area contributed by atoms with Crippen molar-refractivity contribution < 1.29 is 0 Å². The summed E-state index contributed by atoms with van der Waals surface area (Å²) in [5, 5.41) is 4.10. The average molecular weight is 337 g/mol. The Morgan fingerprint density at radius 3 is 2.79 bits per heavy atom. The van der Waals surface area contributed by atoms with E-state index in [4.69, 9.17) is 11.6 Å². The lowest BCUT2D eigenvalue weighted by Crippen LogP contribution is -2.15. The molecule has 0 radical (unpaired) electrons. The summed E-state index contributed by atoms with van der Waals surface area (Å²) in [6, 6.07) is 13.3. The van der Waals surface area contributed by atoms with Crippen LogP contribution in [0.3, 0.4) is 0 Å². The fourth-order valence-corrected chi connectivity index (χ4v) is 2.77. The number of pyridine rings is 1. The van der Waals surface area contributed by atoms with Gasteiger partial charge in [-0.1, -0.05) is 29.8 Å². The Morgan fingerprint density at radius 2 is 1.96 bits per heavy atom. The second kappa shape index (κ2) is 6.25. The summed E-state index contributed by atoms with van der Waals surface area (Å²) >= 11 is 6.17. The minimum absolute atomic E-state index is 0.203. The number of aromatic amines is 1. The molecule has 1 aromatic carbocycles. The maximum Gasteiger partial charge on any atom is 0.182 e. The van der Waals surface area contributed by atoms with Crippen LogP contribution in [0, 0.1) is 0 Å². The molecule has 0 amide bonds. The Kier molecular flexibility index (Phi) is 3.80. The van der Waals surface area contributed by atoms with E-state index >= 15 is 0 Å². The molecule has 0 fully saturated rings. The zero-order valence-corrected chi connectivity index (χ0v) is 13.3. The highest BCUT2D eigenvalue weighted by Crippen LogP contribution is 2.28. The molecule has 0 bridgehead atoms. The number of aromatic nitrogens is 5. The summed E-state index contributed by atoms with van der Waals surface area (Å²) in [7, 11) is 0. The number of fused-ring (bicyclic) bond motifs is 1. The van der Waals surface area contributed by atoms with E-state index in [-0.39, 0.29) is 6.04 Å². The van der Waals surface area contributed by atoms with E-state index in [1.165, 1.54) is 6.33 Å². The van der Waals surface area contributed by atoms with Gasteiger partial charge in [-0.2, -0.15) is 0 Å². The number of nitrogens with zero attached hydrogens (tertiary/aromatic N) is 4. The van der Waals surface area contributed by atoms with Crippen molar-refractivity contribution in [3.05, 3.63) is 77.6 Å². The zero-order valence-electron chi connectivity index (χ0n) is 12.5. The van der Waals surface area contributed by atoms with Crippen LogP contribution >= 0.6 is 11.6 Å². The van der Waals surface area contributed by atoms with Crippen molar-refractivity contribution in [1.82, 2.24) is 24.9 Å². The largest absolute Gasteiger partial charge is 0.356 e. The van der Waals surface area contributed by atoms with Crippen molar-refractivity contribution in [3.8, 4) is 0 Å². The minimum atomic E-state index is -0.203. The molecular weight excluding hydrogens is 324 g/mol. The average Bonchev–Trinajstić information content (AvgIpc) is 3.10. The number of hydrogen-bond donors (Lipinski definition) is 2. The van der Waals surface area contributed by atoms with Crippen LogP contribution in [0.15, 0.2) is 61.3 Å². The van der Waals surface area contributed by atoms with Gasteiger partial charge in [0, 0.05) is 11.2 Å². The van der Waals surface area contributed by atoms with Crippen LogP contribution in [0.5, 0.6) is 0 Å². The van der Waals surface area contributed by atoms with E-state index in [2.05, 4.69) is 30.2 Å². The van der Waals surface area contributed by atoms with E-state index in [0.717, 1.165) is 16.8 Å². The highest BCUT2D eigenvalue weighted by Gasteiger charge is 2.18. The molecule has 1 unspecified atom stereocenters. The highest BCUT2D eigenvalue weighted by atomic mass is 35.5. The molecule has 0 saturated carbocycles. The molecule has 4 rings (SSSR count). The Balaban J connectivity index is 1.80. The molecule has 7 heteroatoms. The molecule has 0 aliphatic heterocycles. The van der Waals surface area contributed by atoms with Gasteiger partial charge in [0.1, 0.15) is 11.8 Å². The van der Waals surface area contributed by atoms with Gasteiger partial charge < -0.3 is 10.3 Å². The summed E-state index contributed by atoms with van der Waals surface area (Å²) in [5.41, 5.74) is 3.22. The fourth-order valence-electron chi connectivity index (χ4n) is 2.57. The molecule has 0 saturated heterocycles. The molecule has 3 aromatic heterocycles. The van der Waals surface area contributed by atoms with Gasteiger partial charge in [-0.25, -0.2) is 15.0 Å². The maximum absolute atomic E-state index is 6.17. The normalized spacial score (nSPS) is 12.2. The van der Waals surface area contributed by atoms with Gasteiger partial charge in [0.25, 0.3) is 0 Å². The second-order valence-electron chi connectivity index (χ2n) is 5.21. The number of anilines is 1. The predicted octanol–water partition coefficient (Wildman–Crippen LogP) is 3.60. The Bertz CT molecular complexity index is 969.